The molecule has 0 aliphatic rings. The number of nitrogens with zero attached hydrogens (tertiary/aromatic N) is 1. The molecule has 152 valence electrons. The van der Waals surface area contributed by atoms with Crippen LogP contribution in [0.15, 0.2) is 58.4 Å². The molecular formula is C20H27N3O3S2. The van der Waals surface area contributed by atoms with E-state index >= 15 is 0 Å². The minimum atomic E-state index is -3.21. The molecule has 8 heteroatoms. The van der Waals surface area contributed by atoms with Gasteiger partial charge in [-0.15, -0.1) is 0 Å². The van der Waals surface area contributed by atoms with Crippen LogP contribution in [0.2, 0.25) is 0 Å². The molecule has 0 saturated heterocycles. The van der Waals surface area contributed by atoms with Gasteiger partial charge in [0, 0.05) is 48.7 Å². The molecule has 6 nitrogen and oxygen atoms in total. The molecule has 0 heterocycles. The topological polar surface area (TPSA) is 87.6 Å². The Morgan fingerprint density at radius 1 is 1.07 bits per heavy atom. The van der Waals surface area contributed by atoms with Gasteiger partial charge in [-0.1, -0.05) is 42.5 Å². The molecule has 0 aromatic heterocycles. The lowest BCUT2D eigenvalue weighted by molar-refractivity contribution is 0.601. The van der Waals surface area contributed by atoms with Crippen LogP contribution in [0.25, 0.3) is 0 Å². The van der Waals surface area contributed by atoms with Crippen molar-refractivity contribution in [2.75, 3.05) is 25.6 Å². The summed E-state index contributed by atoms with van der Waals surface area (Å²) in [4.78, 5) is 4.51. The number of aryl methyl sites for hydroxylation is 1. The minimum absolute atomic E-state index is 0.347. The molecule has 0 radical (unpaired) electrons. The number of hydrogen-bond acceptors (Lipinski definition) is 4. The van der Waals surface area contributed by atoms with Crippen molar-refractivity contribution in [2.45, 2.75) is 24.1 Å². The number of sulfone groups is 1. The summed E-state index contributed by atoms with van der Waals surface area (Å²) in [5.41, 5.74) is 2.75. The first-order valence-corrected chi connectivity index (χ1v) is 12.3. The van der Waals surface area contributed by atoms with Gasteiger partial charge >= 0.3 is 0 Å². The molecule has 0 saturated carbocycles. The quantitative estimate of drug-likeness (QED) is 0.503. The molecule has 1 atom stereocenters. The summed E-state index contributed by atoms with van der Waals surface area (Å²) in [5.74, 6) is 1.68. The lowest BCUT2D eigenvalue weighted by Gasteiger charge is -2.13. The SMILES string of the molecule is CN=C(NCCS(=O)Cc1ccccc1)NCc1ccc(S(C)(=O)=O)c(C)c1. The predicted molar refractivity (Wildman–Crippen MR) is 116 cm³/mol. The van der Waals surface area contributed by atoms with E-state index < -0.39 is 20.6 Å². The fraction of sp³-hybridized carbons (Fsp3) is 0.350. The molecule has 0 aliphatic heterocycles. The van der Waals surface area contributed by atoms with Gasteiger partial charge in [0.1, 0.15) is 0 Å². The molecular weight excluding hydrogens is 394 g/mol. The van der Waals surface area contributed by atoms with Crippen molar-refractivity contribution in [1.29, 1.82) is 0 Å². The highest BCUT2D eigenvalue weighted by Crippen LogP contribution is 2.16. The number of rotatable bonds is 8. The molecule has 2 rings (SSSR count). The normalized spacial score (nSPS) is 13.2. The summed E-state index contributed by atoms with van der Waals surface area (Å²) < 4.78 is 35.6. The lowest BCUT2D eigenvalue weighted by atomic mass is 10.1. The maximum Gasteiger partial charge on any atom is 0.191 e. The van der Waals surface area contributed by atoms with E-state index in [0.29, 0.717) is 35.5 Å². The van der Waals surface area contributed by atoms with E-state index in [1.165, 1.54) is 6.26 Å². The lowest BCUT2D eigenvalue weighted by Crippen LogP contribution is -2.38. The molecule has 2 aromatic rings. The van der Waals surface area contributed by atoms with Crippen molar-refractivity contribution >= 4 is 26.6 Å². The van der Waals surface area contributed by atoms with Gasteiger partial charge in [-0.2, -0.15) is 0 Å². The number of nitrogens with one attached hydrogen (secondary N) is 2. The van der Waals surface area contributed by atoms with Crippen molar-refractivity contribution in [3.05, 3.63) is 65.2 Å². The Morgan fingerprint density at radius 3 is 2.39 bits per heavy atom. The van der Waals surface area contributed by atoms with E-state index in [-0.39, 0.29) is 0 Å². The maximum atomic E-state index is 12.2. The predicted octanol–water partition coefficient (Wildman–Crippen LogP) is 2.01. The monoisotopic (exact) mass is 421 g/mol. The zero-order valence-electron chi connectivity index (χ0n) is 16.4. The van der Waals surface area contributed by atoms with Crippen LogP contribution >= 0.6 is 0 Å². The number of aliphatic imine (C=N–C) groups is 1. The van der Waals surface area contributed by atoms with Gasteiger partial charge in [-0.3, -0.25) is 9.20 Å². The van der Waals surface area contributed by atoms with Crippen molar-refractivity contribution in [3.8, 4) is 0 Å². The van der Waals surface area contributed by atoms with Crippen molar-refractivity contribution in [1.82, 2.24) is 10.6 Å². The third kappa shape index (κ3) is 7.09. The summed E-state index contributed by atoms with van der Waals surface area (Å²) in [6, 6.07) is 15.1. The van der Waals surface area contributed by atoms with Crippen LogP contribution in [0, 0.1) is 6.92 Å². The van der Waals surface area contributed by atoms with Crippen molar-refractivity contribution in [2.24, 2.45) is 4.99 Å². The number of guanidine groups is 1. The molecule has 0 fully saturated rings. The van der Waals surface area contributed by atoms with Crippen molar-refractivity contribution < 1.29 is 12.6 Å². The van der Waals surface area contributed by atoms with Crippen LogP contribution in [0.5, 0.6) is 0 Å². The van der Waals surface area contributed by atoms with E-state index in [4.69, 9.17) is 0 Å². The Labute approximate surface area is 169 Å². The van der Waals surface area contributed by atoms with Gasteiger partial charge in [0.25, 0.3) is 0 Å². The van der Waals surface area contributed by atoms with Crippen LogP contribution < -0.4 is 10.6 Å². The highest BCUT2D eigenvalue weighted by atomic mass is 32.2. The van der Waals surface area contributed by atoms with Gasteiger partial charge in [-0.25, -0.2) is 8.42 Å². The molecule has 0 bridgehead atoms. The van der Waals surface area contributed by atoms with Gasteiger partial charge < -0.3 is 10.6 Å². The molecule has 2 aromatic carbocycles. The van der Waals surface area contributed by atoms with Gasteiger partial charge in [-0.05, 0) is 29.7 Å². The standard InChI is InChI=1S/C20H27N3O3S2/c1-16-13-18(9-10-19(16)28(3,25)26)14-23-20(21-2)22-11-12-27(24)15-17-7-5-4-6-8-17/h4-10,13H,11-12,14-15H2,1-3H3,(H2,21,22,23). The van der Waals surface area contributed by atoms with E-state index in [1.54, 1.807) is 26.1 Å². The van der Waals surface area contributed by atoms with Gasteiger partial charge in [0.2, 0.25) is 0 Å². The highest BCUT2D eigenvalue weighted by Gasteiger charge is 2.11. The molecule has 0 aliphatic carbocycles. The molecule has 2 N–H and O–H groups in total. The second kappa shape index (κ2) is 10.4. The first-order chi connectivity index (χ1) is 13.3. The van der Waals surface area contributed by atoms with Crippen molar-refractivity contribution in [3.63, 3.8) is 0 Å². The maximum absolute atomic E-state index is 12.2. The summed E-state index contributed by atoms with van der Waals surface area (Å²) in [7, 11) is -2.49. The molecule has 0 amide bonds. The smallest absolute Gasteiger partial charge is 0.191 e. The first-order valence-electron chi connectivity index (χ1n) is 8.92. The van der Waals surface area contributed by atoms with E-state index in [0.717, 1.165) is 16.7 Å². The third-order valence-electron chi connectivity index (χ3n) is 4.12. The minimum Gasteiger partial charge on any atom is -0.355 e. The Bertz CT molecular complexity index is 942. The van der Waals surface area contributed by atoms with Crippen LogP contribution in [-0.2, 0) is 32.9 Å². The van der Waals surface area contributed by atoms with E-state index in [1.807, 2.05) is 36.4 Å². The zero-order valence-corrected chi connectivity index (χ0v) is 18.1. The van der Waals surface area contributed by atoms with Crippen LogP contribution in [0.4, 0.5) is 0 Å². The Morgan fingerprint density at radius 2 is 1.79 bits per heavy atom. The van der Waals surface area contributed by atoms with Crippen LogP contribution in [0.3, 0.4) is 0 Å². The second-order valence-electron chi connectivity index (χ2n) is 6.50. The number of benzene rings is 2. The van der Waals surface area contributed by atoms with Gasteiger partial charge in [0.15, 0.2) is 15.8 Å². The van der Waals surface area contributed by atoms with E-state index in [9.17, 15) is 12.6 Å². The van der Waals surface area contributed by atoms with Gasteiger partial charge in [0.05, 0.1) is 4.90 Å². The van der Waals surface area contributed by atoms with Crippen LogP contribution in [-0.4, -0.2) is 44.2 Å². The molecule has 0 spiro atoms. The Kier molecular flexibility index (Phi) is 8.19. The Balaban J connectivity index is 1.80. The third-order valence-corrected chi connectivity index (χ3v) is 6.69. The molecule has 1 unspecified atom stereocenters. The summed E-state index contributed by atoms with van der Waals surface area (Å²) >= 11 is 0. The summed E-state index contributed by atoms with van der Waals surface area (Å²) in [5, 5.41) is 6.34. The fourth-order valence-corrected chi connectivity index (χ4v) is 4.76. The van der Waals surface area contributed by atoms with Crippen LogP contribution in [0.1, 0.15) is 16.7 Å². The fourth-order valence-electron chi connectivity index (χ4n) is 2.76. The molecule has 28 heavy (non-hydrogen) atoms. The average Bonchev–Trinajstić information content (AvgIpc) is 2.64. The van der Waals surface area contributed by atoms with E-state index in [2.05, 4.69) is 15.6 Å². The second-order valence-corrected chi connectivity index (χ2v) is 10.1. The summed E-state index contributed by atoms with van der Waals surface area (Å²) in [6.07, 6.45) is 1.21. The first kappa shape index (κ1) is 22.1. The highest BCUT2D eigenvalue weighted by molar-refractivity contribution is 7.90. The average molecular weight is 422 g/mol. The number of hydrogen-bond donors (Lipinski definition) is 2. The zero-order chi connectivity index (χ0) is 20.6. The summed E-state index contributed by atoms with van der Waals surface area (Å²) in [6.45, 7) is 2.85. The Hall–Kier alpha value is -2.19. The largest absolute Gasteiger partial charge is 0.355 e.